The van der Waals surface area contributed by atoms with E-state index in [2.05, 4.69) is 12.7 Å². The molecule has 0 amide bonds. The molecule has 0 aliphatic carbocycles. The zero-order chi connectivity index (χ0) is 24.9. The third-order valence-corrected chi connectivity index (χ3v) is 5.57. The maximum absolute atomic E-state index is 12.9. The highest BCUT2D eigenvalue weighted by molar-refractivity contribution is 6.03. The number of phenols is 4. The zero-order valence-corrected chi connectivity index (χ0v) is 20.0. The van der Waals surface area contributed by atoms with Crippen molar-refractivity contribution in [3.8, 4) is 28.7 Å². The number of hydrogen-bond donors (Lipinski definition) is 4. The summed E-state index contributed by atoms with van der Waals surface area (Å²) in [5.74, 6) is -1.05. The number of hydrogen-bond acceptors (Lipinski definition) is 6. The van der Waals surface area contributed by atoms with Crippen LogP contribution in [0.4, 0.5) is 0 Å². The lowest BCUT2D eigenvalue weighted by Crippen LogP contribution is -2.22. The van der Waals surface area contributed by atoms with Crippen molar-refractivity contribution in [3.63, 3.8) is 0 Å². The molecule has 3 rings (SSSR count). The maximum atomic E-state index is 12.9. The molecule has 0 radical (unpaired) electrons. The normalized spacial score (nSPS) is 15.4. The van der Waals surface area contributed by atoms with E-state index in [-0.39, 0.29) is 52.4 Å². The molecule has 0 fully saturated rings. The Hall–Kier alpha value is -3.41. The molecule has 4 N–H and O–H groups in total. The second-order valence-electron chi connectivity index (χ2n) is 8.34. The Morgan fingerprint density at radius 2 is 1.76 bits per heavy atom. The molecule has 6 nitrogen and oxygen atoms in total. The van der Waals surface area contributed by atoms with Gasteiger partial charge >= 0.3 is 0 Å². The monoisotopic (exact) mass is 454 g/mol. The lowest BCUT2D eigenvalue weighted by molar-refractivity contribution is 0.0839. The largest absolute Gasteiger partial charge is 0.508 e. The molecule has 1 unspecified atom stereocenters. The number of carbonyl (C=O) groups is 1. The van der Waals surface area contributed by atoms with E-state index >= 15 is 0 Å². The summed E-state index contributed by atoms with van der Waals surface area (Å²) < 4.78 is 6.08. The quantitative estimate of drug-likeness (QED) is 0.380. The summed E-state index contributed by atoms with van der Waals surface area (Å²) in [6.07, 6.45) is 2.26. The Kier molecular flexibility index (Phi) is 8.57. The standard InChI is InChI=1S/C25H28O6.C2H6/c1-13(2)5-6-15(14(3)4)9-18-20(28)11-21(29)24-22(30)12-23(31-25(18)24)17-8-7-16(26)10-19(17)27;1-2/h5,7-8,10-11,15,23,26-29H,3,6,9,12H2,1-2,4H3;1-2H3/t15?,23-;/m0./s1. The van der Waals surface area contributed by atoms with Gasteiger partial charge in [0.25, 0.3) is 0 Å². The Labute approximate surface area is 195 Å². The topological polar surface area (TPSA) is 107 Å². The molecule has 33 heavy (non-hydrogen) atoms. The molecule has 1 aliphatic heterocycles. The van der Waals surface area contributed by atoms with Gasteiger partial charge in [0, 0.05) is 23.3 Å². The van der Waals surface area contributed by atoms with E-state index in [0.717, 1.165) is 11.1 Å². The highest BCUT2D eigenvalue weighted by Gasteiger charge is 2.35. The van der Waals surface area contributed by atoms with Crippen molar-refractivity contribution in [2.75, 3.05) is 0 Å². The Morgan fingerprint density at radius 1 is 1.09 bits per heavy atom. The number of carbonyl (C=O) groups excluding carboxylic acids is 1. The molecule has 178 valence electrons. The van der Waals surface area contributed by atoms with Gasteiger partial charge in [0.05, 0.1) is 6.42 Å². The van der Waals surface area contributed by atoms with Crippen molar-refractivity contribution in [1.29, 1.82) is 0 Å². The van der Waals surface area contributed by atoms with E-state index in [9.17, 15) is 25.2 Å². The summed E-state index contributed by atoms with van der Waals surface area (Å²) in [6, 6.07) is 5.23. The molecule has 0 aromatic heterocycles. The van der Waals surface area contributed by atoms with Crippen LogP contribution in [0.3, 0.4) is 0 Å². The van der Waals surface area contributed by atoms with Gasteiger partial charge < -0.3 is 25.2 Å². The van der Waals surface area contributed by atoms with Gasteiger partial charge in [-0.05, 0) is 51.7 Å². The molecule has 1 aliphatic rings. The van der Waals surface area contributed by atoms with Crippen molar-refractivity contribution in [2.24, 2.45) is 5.92 Å². The number of ether oxygens (including phenoxy) is 1. The fourth-order valence-corrected chi connectivity index (χ4v) is 3.78. The first-order valence-corrected chi connectivity index (χ1v) is 11.2. The van der Waals surface area contributed by atoms with Gasteiger partial charge in [0.1, 0.15) is 40.4 Å². The van der Waals surface area contributed by atoms with Gasteiger partial charge in [0.2, 0.25) is 0 Å². The smallest absolute Gasteiger partial charge is 0.174 e. The van der Waals surface area contributed by atoms with Crippen LogP contribution in [0, 0.1) is 5.92 Å². The summed E-state index contributed by atoms with van der Waals surface area (Å²) in [7, 11) is 0. The second kappa shape index (κ2) is 10.9. The minimum absolute atomic E-state index is 0.00408. The van der Waals surface area contributed by atoms with Crippen LogP contribution in [-0.4, -0.2) is 26.2 Å². The van der Waals surface area contributed by atoms with E-state index < -0.39 is 6.10 Å². The third kappa shape index (κ3) is 5.89. The van der Waals surface area contributed by atoms with E-state index in [1.165, 1.54) is 24.3 Å². The highest BCUT2D eigenvalue weighted by atomic mass is 16.5. The SMILES string of the molecule is C=C(C)C(CC=C(C)C)Cc1c(O)cc(O)c2c1O[C@H](c1ccc(O)cc1O)CC2=O.CC. The van der Waals surface area contributed by atoms with Gasteiger partial charge in [-0.1, -0.05) is 37.6 Å². The number of allylic oxidation sites excluding steroid dienone is 3. The molecule has 0 saturated heterocycles. The number of Topliss-reactive ketones (excluding diaryl/α,β-unsaturated/α-hetero) is 1. The van der Waals surface area contributed by atoms with Crippen molar-refractivity contribution in [2.45, 2.75) is 60.0 Å². The molecule has 0 saturated carbocycles. The first kappa shape index (κ1) is 25.8. The van der Waals surface area contributed by atoms with Crippen LogP contribution in [0.1, 0.15) is 75.0 Å². The molecule has 1 heterocycles. The maximum Gasteiger partial charge on any atom is 0.174 e. The fraction of sp³-hybridized carbons (Fsp3) is 0.370. The van der Waals surface area contributed by atoms with E-state index in [1.807, 2.05) is 34.6 Å². The fourth-order valence-electron chi connectivity index (χ4n) is 3.78. The molecule has 2 aromatic carbocycles. The average molecular weight is 455 g/mol. The summed E-state index contributed by atoms with van der Waals surface area (Å²) >= 11 is 0. The number of ketones is 1. The van der Waals surface area contributed by atoms with Gasteiger partial charge in [-0.2, -0.15) is 0 Å². The Morgan fingerprint density at radius 3 is 2.33 bits per heavy atom. The molecule has 0 spiro atoms. The number of phenolic OH excluding ortho intramolecular Hbond substituents is 4. The minimum atomic E-state index is -0.818. The van der Waals surface area contributed by atoms with Crippen molar-refractivity contribution in [1.82, 2.24) is 0 Å². The van der Waals surface area contributed by atoms with Crippen LogP contribution >= 0.6 is 0 Å². The first-order chi connectivity index (χ1) is 15.6. The third-order valence-electron chi connectivity index (χ3n) is 5.57. The Balaban J connectivity index is 0.00000187. The predicted molar refractivity (Wildman–Crippen MR) is 129 cm³/mol. The van der Waals surface area contributed by atoms with E-state index in [4.69, 9.17) is 4.74 Å². The van der Waals surface area contributed by atoms with Gasteiger partial charge in [-0.25, -0.2) is 0 Å². The van der Waals surface area contributed by atoms with Gasteiger partial charge in [-0.3, -0.25) is 4.79 Å². The molecular weight excluding hydrogens is 420 g/mol. The van der Waals surface area contributed by atoms with Crippen LogP contribution in [0.5, 0.6) is 28.7 Å². The summed E-state index contributed by atoms with van der Waals surface area (Å²) in [5.41, 5.74) is 2.88. The summed E-state index contributed by atoms with van der Waals surface area (Å²) in [6.45, 7) is 14.0. The minimum Gasteiger partial charge on any atom is -0.508 e. The molecule has 0 bridgehead atoms. The van der Waals surface area contributed by atoms with Gasteiger partial charge in [-0.15, -0.1) is 0 Å². The summed E-state index contributed by atoms with van der Waals surface area (Å²) in [5, 5.41) is 40.7. The highest BCUT2D eigenvalue weighted by Crippen LogP contribution is 2.47. The zero-order valence-electron chi connectivity index (χ0n) is 20.0. The van der Waals surface area contributed by atoms with E-state index in [1.54, 1.807) is 0 Å². The average Bonchev–Trinajstić information content (AvgIpc) is 2.73. The lowest BCUT2D eigenvalue weighted by atomic mass is 9.86. The van der Waals surface area contributed by atoms with E-state index in [0.29, 0.717) is 24.0 Å². The number of fused-ring (bicyclic) bond motifs is 1. The molecule has 2 atom stereocenters. The Bertz CT molecular complexity index is 1060. The lowest BCUT2D eigenvalue weighted by Gasteiger charge is -2.29. The van der Waals surface area contributed by atoms with Crippen LogP contribution in [-0.2, 0) is 6.42 Å². The van der Waals surface area contributed by atoms with Crippen LogP contribution in [0.2, 0.25) is 0 Å². The van der Waals surface area contributed by atoms with Crippen LogP contribution < -0.4 is 4.74 Å². The van der Waals surface area contributed by atoms with Crippen LogP contribution in [0.15, 0.2) is 48.1 Å². The van der Waals surface area contributed by atoms with Gasteiger partial charge in [0.15, 0.2) is 5.78 Å². The van der Waals surface area contributed by atoms with Crippen molar-refractivity contribution < 1.29 is 30.0 Å². The number of rotatable bonds is 6. The molecular formula is C27H34O6. The predicted octanol–water partition coefficient (Wildman–Crippen LogP) is 6.33. The number of benzene rings is 2. The van der Waals surface area contributed by atoms with Crippen LogP contribution in [0.25, 0.3) is 0 Å². The number of aromatic hydroxyl groups is 4. The molecule has 6 heteroatoms. The first-order valence-electron chi connectivity index (χ1n) is 11.2. The second-order valence-corrected chi connectivity index (χ2v) is 8.34. The van der Waals surface area contributed by atoms with Crippen molar-refractivity contribution in [3.05, 3.63) is 64.8 Å². The summed E-state index contributed by atoms with van der Waals surface area (Å²) in [4.78, 5) is 12.9. The van der Waals surface area contributed by atoms with Crippen molar-refractivity contribution >= 4 is 5.78 Å². The molecule has 2 aromatic rings.